The number of anilines is 1. The monoisotopic (exact) mass is 379 g/mol. The van der Waals surface area contributed by atoms with Crippen LogP contribution in [0.4, 0.5) is 5.13 Å². The van der Waals surface area contributed by atoms with E-state index < -0.39 is 0 Å². The van der Waals surface area contributed by atoms with E-state index >= 15 is 0 Å². The molecule has 0 fully saturated rings. The largest absolute Gasteiger partial charge is 0.298 e. The number of carbonyl (C=O) groups is 1. The summed E-state index contributed by atoms with van der Waals surface area (Å²) < 4.78 is 0. The van der Waals surface area contributed by atoms with Gasteiger partial charge in [0.05, 0.1) is 16.8 Å². The van der Waals surface area contributed by atoms with E-state index in [9.17, 15) is 4.79 Å². The van der Waals surface area contributed by atoms with Crippen molar-refractivity contribution in [3.63, 3.8) is 0 Å². The normalized spacial score (nSPS) is 10.8. The molecule has 1 amide bonds. The molecule has 0 aliphatic rings. The Labute approximate surface area is 159 Å². The van der Waals surface area contributed by atoms with E-state index in [0.29, 0.717) is 15.7 Å². The first-order chi connectivity index (χ1) is 12.6. The first-order valence-corrected chi connectivity index (χ1v) is 9.25. The molecule has 128 valence electrons. The minimum atomic E-state index is -0.189. The third kappa shape index (κ3) is 3.07. The van der Waals surface area contributed by atoms with Crippen LogP contribution in [0.5, 0.6) is 0 Å². The van der Waals surface area contributed by atoms with E-state index in [-0.39, 0.29) is 5.91 Å². The third-order valence-electron chi connectivity index (χ3n) is 4.13. The van der Waals surface area contributed by atoms with E-state index in [1.807, 2.05) is 60.8 Å². The Balaban J connectivity index is 1.91. The van der Waals surface area contributed by atoms with Gasteiger partial charge >= 0.3 is 0 Å². The van der Waals surface area contributed by atoms with Gasteiger partial charge in [0.1, 0.15) is 0 Å². The maximum Gasteiger partial charge on any atom is 0.258 e. The molecule has 26 heavy (non-hydrogen) atoms. The molecule has 4 rings (SSSR count). The molecule has 1 N–H and O–H groups in total. The number of thiazole rings is 1. The second-order valence-electron chi connectivity index (χ2n) is 5.78. The molecule has 0 spiro atoms. The Morgan fingerprint density at radius 1 is 1.12 bits per heavy atom. The summed E-state index contributed by atoms with van der Waals surface area (Å²) in [5.74, 6) is -0.189. The highest BCUT2D eigenvalue weighted by Gasteiger charge is 2.19. The lowest BCUT2D eigenvalue weighted by Gasteiger charge is -2.14. The highest BCUT2D eigenvalue weighted by atomic mass is 35.5. The number of hydrogen-bond acceptors (Lipinski definition) is 4. The lowest BCUT2D eigenvalue weighted by molar-refractivity contribution is 0.102. The van der Waals surface area contributed by atoms with Gasteiger partial charge in [-0.15, -0.1) is 11.3 Å². The van der Waals surface area contributed by atoms with Crippen molar-refractivity contribution in [2.75, 3.05) is 5.32 Å². The summed E-state index contributed by atoms with van der Waals surface area (Å²) in [6.45, 7) is 1.92. The number of para-hydroxylation sites is 1. The average molecular weight is 380 g/mol. The number of carbonyl (C=O) groups excluding carboxylic acids is 1. The van der Waals surface area contributed by atoms with E-state index in [0.717, 1.165) is 27.7 Å². The minimum absolute atomic E-state index is 0.189. The number of amides is 1. The standard InChI is InChI=1S/C20H14ClN3OS/c1-12-17(19(25)24-20-22-10-11-26-20)15-4-2-3-5-16(15)23-18(12)13-6-8-14(21)9-7-13/h2-11H,1H3,(H,22,24,25). The van der Waals surface area contributed by atoms with Crippen molar-refractivity contribution in [1.82, 2.24) is 9.97 Å². The predicted molar refractivity (Wildman–Crippen MR) is 107 cm³/mol. The van der Waals surface area contributed by atoms with Gasteiger partial charge < -0.3 is 0 Å². The van der Waals surface area contributed by atoms with E-state index in [4.69, 9.17) is 16.6 Å². The van der Waals surface area contributed by atoms with Crippen molar-refractivity contribution in [3.8, 4) is 11.3 Å². The Hall–Kier alpha value is -2.76. The van der Waals surface area contributed by atoms with Gasteiger partial charge in [-0.25, -0.2) is 9.97 Å². The molecule has 2 aromatic carbocycles. The smallest absolute Gasteiger partial charge is 0.258 e. The highest BCUT2D eigenvalue weighted by Crippen LogP contribution is 2.31. The maximum atomic E-state index is 13.0. The number of pyridine rings is 1. The van der Waals surface area contributed by atoms with Crippen LogP contribution in [0, 0.1) is 6.92 Å². The number of rotatable bonds is 3. The number of halogens is 1. The molecule has 0 saturated heterocycles. The summed E-state index contributed by atoms with van der Waals surface area (Å²) in [5, 5.41) is 6.75. The molecule has 2 heterocycles. The molecule has 0 aliphatic carbocycles. The van der Waals surface area contributed by atoms with Crippen molar-refractivity contribution < 1.29 is 4.79 Å². The zero-order valence-corrected chi connectivity index (χ0v) is 15.4. The van der Waals surface area contributed by atoms with Crippen molar-refractivity contribution in [3.05, 3.63) is 76.3 Å². The minimum Gasteiger partial charge on any atom is -0.298 e. The molecule has 0 saturated carbocycles. The van der Waals surface area contributed by atoms with E-state index in [2.05, 4.69) is 10.3 Å². The summed E-state index contributed by atoms with van der Waals surface area (Å²) in [4.78, 5) is 21.9. The first-order valence-electron chi connectivity index (χ1n) is 7.99. The molecular weight excluding hydrogens is 366 g/mol. The molecule has 0 bridgehead atoms. The molecule has 4 nitrogen and oxygen atoms in total. The maximum absolute atomic E-state index is 13.0. The highest BCUT2D eigenvalue weighted by molar-refractivity contribution is 7.13. The summed E-state index contributed by atoms with van der Waals surface area (Å²) in [6, 6.07) is 15.1. The quantitative estimate of drug-likeness (QED) is 0.506. The first kappa shape index (κ1) is 16.7. The predicted octanol–water partition coefficient (Wildman–Crippen LogP) is 5.57. The van der Waals surface area contributed by atoms with Crippen LogP contribution in [0.25, 0.3) is 22.2 Å². The van der Waals surface area contributed by atoms with Crippen LogP contribution in [0.1, 0.15) is 15.9 Å². The number of aromatic nitrogens is 2. The number of hydrogen-bond donors (Lipinski definition) is 1. The van der Waals surface area contributed by atoms with Crippen molar-refractivity contribution in [2.24, 2.45) is 0 Å². The summed E-state index contributed by atoms with van der Waals surface area (Å²) in [7, 11) is 0. The number of fused-ring (bicyclic) bond motifs is 1. The fourth-order valence-corrected chi connectivity index (χ4v) is 3.58. The molecule has 6 heteroatoms. The van der Waals surface area contributed by atoms with Crippen LogP contribution < -0.4 is 5.32 Å². The molecule has 0 atom stereocenters. The van der Waals surface area contributed by atoms with E-state index in [1.165, 1.54) is 11.3 Å². The fraction of sp³-hybridized carbons (Fsp3) is 0.0500. The summed E-state index contributed by atoms with van der Waals surface area (Å²) in [5.41, 5.74) is 3.88. The molecule has 4 aromatic rings. The van der Waals surface area contributed by atoms with Crippen molar-refractivity contribution >= 4 is 44.9 Å². The number of benzene rings is 2. The van der Waals surface area contributed by atoms with Crippen LogP contribution in [0.2, 0.25) is 5.02 Å². The molecule has 2 aromatic heterocycles. The second-order valence-corrected chi connectivity index (χ2v) is 7.11. The topological polar surface area (TPSA) is 54.9 Å². The van der Waals surface area contributed by atoms with Gasteiger partial charge in [-0.05, 0) is 30.7 Å². The van der Waals surface area contributed by atoms with Crippen LogP contribution >= 0.6 is 22.9 Å². The van der Waals surface area contributed by atoms with Crippen LogP contribution in [-0.4, -0.2) is 15.9 Å². The molecule has 0 aliphatic heterocycles. The van der Waals surface area contributed by atoms with Gasteiger partial charge in [0.15, 0.2) is 5.13 Å². The average Bonchev–Trinajstić information content (AvgIpc) is 3.15. The van der Waals surface area contributed by atoms with Crippen LogP contribution in [0.3, 0.4) is 0 Å². The Bertz CT molecular complexity index is 1090. The van der Waals surface area contributed by atoms with Gasteiger partial charge in [-0.2, -0.15) is 0 Å². The third-order valence-corrected chi connectivity index (χ3v) is 5.07. The van der Waals surface area contributed by atoms with Gasteiger partial charge in [0.2, 0.25) is 0 Å². The van der Waals surface area contributed by atoms with Gasteiger partial charge in [0.25, 0.3) is 5.91 Å². The van der Waals surface area contributed by atoms with Crippen LogP contribution in [0.15, 0.2) is 60.1 Å². The van der Waals surface area contributed by atoms with Crippen molar-refractivity contribution in [2.45, 2.75) is 6.92 Å². The number of nitrogens with zero attached hydrogens (tertiary/aromatic N) is 2. The Kier molecular flexibility index (Phi) is 4.41. The number of nitrogens with one attached hydrogen (secondary N) is 1. The summed E-state index contributed by atoms with van der Waals surface area (Å²) >= 11 is 7.39. The summed E-state index contributed by atoms with van der Waals surface area (Å²) in [6.07, 6.45) is 1.66. The zero-order chi connectivity index (χ0) is 18.1. The van der Waals surface area contributed by atoms with Crippen LogP contribution in [-0.2, 0) is 0 Å². The molecular formula is C20H14ClN3OS. The van der Waals surface area contributed by atoms with E-state index in [1.54, 1.807) is 6.20 Å². The molecule has 0 radical (unpaired) electrons. The van der Waals surface area contributed by atoms with Gasteiger partial charge in [0, 0.05) is 27.5 Å². The fourth-order valence-electron chi connectivity index (χ4n) is 2.93. The van der Waals surface area contributed by atoms with Crippen molar-refractivity contribution in [1.29, 1.82) is 0 Å². The lowest BCUT2D eigenvalue weighted by atomic mass is 9.97. The molecule has 0 unspecified atom stereocenters. The SMILES string of the molecule is Cc1c(-c2ccc(Cl)cc2)nc2ccccc2c1C(=O)Nc1nccs1. The zero-order valence-electron chi connectivity index (χ0n) is 13.9. The lowest BCUT2D eigenvalue weighted by Crippen LogP contribution is -2.15. The Morgan fingerprint density at radius 3 is 2.62 bits per heavy atom. The Morgan fingerprint density at radius 2 is 1.88 bits per heavy atom. The van der Waals surface area contributed by atoms with Gasteiger partial charge in [-0.1, -0.05) is 41.9 Å². The second kappa shape index (κ2) is 6.86. The van der Waals surface area contributed by atoms with Gasteiger partial charge in [-0.3, -0.25) is 10.1 Å².